The zero-order valence-electron chi connectivity index (χ0n) is 16.9. The number of hydrogen-bond acceptors (Lipinski definition) is 6. The standard InChI is InChI=1S/C21H26N4O4/c1-13(17(26)16-19(22)23(2)21(29)24(3)20(16)28)25-11-9-15(10-12-25)18(27)14-7-5-4-6-8-14/h4-8,13,15H,9-12,22H2,1-3H3/t13-/m0/s1. The normalized spacial score (nSPS) is 16.5. The molecule has 0 bridgehead atoms. The number of ketones is 2. The van der Waals surface area contributed by atoms with Crippen molar-refractivity contribution in [2.75, 3.05) is 18.8 Å². The molecule has 1 aliphatic rings. The molecule has 1 aromatic heterocycles. The summed E-state index contributed by atoms with van der Waals surface area (Å²) in [7, 11) is 2.76. The van der Waals surface area contributed by atoms with Crippen molar-refractivity contribution in [3.63, 3.8) is 0 Å². The molecule has 2 aromatic rings. The number of nitrogens with zero attached hydrogens (tertiary/aromatic N) is 3. The van der Waals surface area contributed by atoms with Gasteiger partial charge in [-0.3, -0.25) is 28.4 Å². The number of carbonyl (C=O) groups is 2. The summed E-state index contributed by atoms with van der Waals surface area (Å²) < 4.78 is 1.99. The van der Waals surface area contributed by atoms with Gasteiger partial charge in [0, 0.05) is 25.6 Å². The van der Waals surface area contributed by atoms with Crippen LogP contribution in [0.4, 0.5) is 5.82 Å². The van der Waals surface area contributed by atoms with Gasteiger partial charge in [0.05, 0.1) is 6.04 Å². The average molecular weight is 398 g/mol. The van der Waals surface area contributed by atoms with Crippen LogP contribution in [-0.2, 0) is 14.1 Å². The number of benzene rings is 1. The Kier molecular flexibility index (Phi) is 5.83. The van der Waals surface area contributed by atoms with E-state index in [-0.39, 0.29) is 23.1 Å². The molecule has 0 radical (unpaired) electrons. The van der Waals surface area contributed by atoms with E-state index in [1.54, 1.807) is 6.92 Å². The van der Waals surface area contributed by atoms with Crippen molar-refractivity contribution < 1.29 is 9.59 Å². The van der Waals surface area contributed by atoms with Gasteiger partial charge in [0.15, 0.2) is 11.6 Å². The van der Waals surface area contributed by atoms with Crippen molar-refractivity contribution in [2.24, 2.45) is 20.0 Å². The van der Waals surface area contributed by atoms with E-state index >= 15 is 0 Å². The van der Waals surface area contributed by atoms with E-state index in [0.717, 1.165) is 9.13 Å². The second-order valence-electron chi connectivity index (χ2n) is 7.55. The number of nitrogens with two attached hydrogens (primary N) is 1. The van der Waals surface area contributed by atoms with E-state index in [4.69, 9.17) is 5.73 Å². The zero-order valence-corrected chi connectivity index (χ0v) is 16.9. The van der Waals surface area contributed by atoms with Crippen molar-refractivity contribution in [2.45, 2.75) is 25.8 Å². The zero-order chi connectivity index (χ0) is 21.3. The highest BCUT2D eigenvalue weighted by Gasteiger charge is 2.32. The molecule has 0 spiro atoms. The summed E-state index contributed by atoms with van der Waals surface area (Å²) in [5.74, 6) is -0.484. The van der Waals surface area contributed by atoms with Gasteiger partial charge in [-0.25, -0.2) is 4.79 Å². The third-order valence-electron chi connectivity index (χ3n) is 5.84. The van der Waals surface area contributed by atoms with E-state index in [1.165, 1.54) is 14.1 Å². The van der Waals surface area contributed by atoms with Gasteiger partial charge in [-0.1, -0.05) is 30.3 Å². The monoisotopic (exact) mass is 398 g/mol. The molecule has 1 aliphatic heterocycles. The number of nitrogen functional groups attached to an aromatic ring is 1. The Hall–Kier alpha value is -3.00. The second kappa shape index (κ2) is 8.16. The molecule has 0 aliphatic carbocycles. The molecule has 0 saturated carbocycles. The van der Waals surface area contributed by atoms with Crippen molar-refractivity contribution in [1.82, 2.24) is 14.0 Å². The third kappa shape index (κ3) is 3.80. The van der Waals surface area contributed by atoms with Crippen LogP contribution in [0, 0.1) is 5.92 Å². The summed E-state index contributed by atoms with van der Waals surface area (Å²) >= 11 is 0. The van der Waals surface area contributed by atoms with Crippen molar-refractivity contribution in [3.05, 3.63) is 62.3 Å². The number of likely N-dealkylation sites (tertiary alicyclic amines) is 1. The van der Waals surface area contributed by atoms with Gasteiger partial charge in [-0.2, -0.15) is 0 Å². The number of aromatic nitrogens is 2. The smallest absolute Gasteiger partial charge is 0.332 e. The highest BCUT2D eigenvalue weighted by atomic mass is 16.2. The minimum atomic E-state index is -0.684. The van der Waals surface area contributed by atoms with E-state index < -0.39 is 23.1 Å². The maximum Gasteiger partial charge on any atom is 0.332 e. The number of carbonyl (C=O) groups excluding carboxylic acids is 2. The van der Waals surface area contributed by atoms with E-state index in [2.05, 4.69) is 0 Å². The van der Waals surface area contributed by atoms with Crippen LogP contribution in [0.1, 0.15) is 40.5 Å². The SMILES string of the molecule is C[C@@H](C(=O)c1c(N)n(C)c(=O)n(C)c1=O)N1CCC(C(=O)c2ccccc2)CC1. The summed E-state index contributed by atoms with van der Waals surface area (Å²) in [6.07, 6.45) is 1.29. The molecule has 29 heavy (non-hydrogen) atoms. The lowest BCUT2D eigenvalue weighted by molar-refractivity contribution is 0.0712. The van der Waals surface area contributed by atoms with Crippen LogP contribution in [0.3, 0.4) is 0 Å². The summed E-state index contributed by atoms with van der Waals surface area (Å²) in [6, 6.07) is 8.64. The summed E-state index contributed by atoms with van der Waals surface area (Å²) in [4.78, 5) is 52.1. The Bertz CT molecular complexity index is 1050. The highest BCUT2D eigenvalue weighted by Crippen LogP contribution is 2.24. The fourth-order valence-corrected chi connectivity index (χ4v) is 3.85. The predicted octanol–water partition coefficient (Wildman–Crippen LogP) is 0.832. The molecule has 2 N–H and O–H groups in total. The van der Waals surface area contributed by atoms with Crippen molar-refractivity contribution >= 4 is 17.4 Å². The number of Topliss-reactive ketones (excluding diaryl/α,β-unsaturated/α-hetero) is 2. The Balaban J connectivity index is 1.74. The fraction of sp³-hybridized carbons (Fsp3) is 0.429. The first-order chi connectivity index (χ1) is 13.7. The maximum absolute atomic E-state index is 13.0. The molecule has 1 atom stereocenters. The molecule has 8 heteroatoms. The Morgan fingerprint density at radius 2 is 1.62 bits per heavy atom. The van der Waals surface area contributed by atoms with Crippen LogP contribution in [0.15, 0.2) is 39.9 Å². The molecule has 0 unspecified atom stereocenters. The highest BCUT2D eigenvalue weighted by molar-refractivity contribution is 6.03. The third-order valence-corrected chi connectivity index (χ3v) is 5.84. The molecule has 154 valence electrons. The number of rotatable bonds is 5. The quantitative estimate of drug-likeness (QED) is 0.748. The van der Waals surface area contributed by atoms with Crippen LogP contribution in [-0.4, -0.2) is 44.7 Å². The molecule has 0 amide bonds. The second-order valence-corrected chi connectivity index (χ2v) is 7.55. The molecule has 8 nitrogen and oxygen atoms in total. The largest absolute Gasteiger partial charge is 0.384 e. The van der Waals surface area contributed by atoms with E-state index in [9.17, 15) is 19.2 Å². The van der Waals surface area contributed by atoms with E-state index in [0.29, 0.717) is 31.5 Å². The van der Waals surface area contributed by atoms with Crippen LogP contribution in [0.25, 0.3) is 0 Å². The van der Waals surface area contributed by atoms with Gasteiger partial charge >= 0.3 is 5.69 Å². The minimum Gasteiger partial charge on any atom is -0.384 e. The molecular weight excluding hydrogens is 372 g/mol. The van der Waals surface area contributed by atoms with Gasteiger partial charge in [0.1, 0.15) is 11.4 Å². The number of piperidine rings is 1. The Morgan fingerprint density at radius 1 is 1.03 bits per heavy atom. The fourth-order valence-electron chi connectivity index (χ4n) is 3.85. The lowest BCUT2D eigenvalue weighted by Crippen LogP contribution is -2.48. The molecular formula is C21H26N4O4. The lowest BCUT2D eigenvalue weighted by atomic mass is 9.88. The summed E-state index contributed by atoms with van der Waals surface area (Å²) in [5, 5.41) is 0. The summed E-state index contributed by atoms with van der Waals surface area (Å²) in [5.41, 5.74) is 5.20. The molecule has 3 rings (SSSR count). The first kappa shape index (κ1) is 20.7. The lowest BCUT2D eigenvalue weighted by Gasteiger charge is -2.35. The van der Waals surface area contributed by atoms with Crippen LogP contribution < -0.4 is 17.0 Å². The Labute approximate surface area is 168 Å². The van der Waals surface area contributed by atoms with Gasteiger partial charge < -0.3 is 5.73 Å². The van der Waals surface area contributed by atoms with E-state index in [1.807, 2.05) is 35.2 Å². The van der Waals surface area contributed by atoms with Crippen molar-refractivity contribution in [1.29, 1.82) is 0 Å². The van der Waals surface area contributed by atoms with Crippen LogP contribution in [0.2, 0.25) is 0 Å². The molecule has 2 heterocycles. The first-order valence-electron chi connectivity index (χ1n) is 9.67. The topological polar surface area (TPSA) is 107 Å². The average Bonchev–Trinajstić information content (AvgIpc) is 2.76. The Morgan fingerprint density at radius 3 is 2.21 bits per heavy atom. The maximum atomic E-state index is 13.0. The number of anilines is 1. The van der Waals surface area contributed by atoms with Crippen LogP contribution in [0.5, 0.6) is 0 Å². The van der Waals surface area contributed by atoms with Gasteiger partial charge in [-0.15, -0.1) is 0 Å². The predicted molar refractivity (Wildman–Crippen MR) is 110 cm³/mol. The molecule has 1 saturated heterocycles. The molecule has 1 fully saturated rings. The number of hydrogen-bond donors (Lipinski definition) is 1. The van der Waals surface area contributed by atoms with Gasteiger partial charge in [0.25, 0.3) is 5.56 Å². The molecule has 1 aromatic carbocycles. The first-order valence-corrected chi connectivity index (χ1v) is 9.67. The van der Waals surface area contributed by atoms with Gasteiger partial charge in [-0.05, 0) is 32.9 Å². The van der Waals surface area contributed by atoms with Crippen molar-refractivity contribution in [3.8, 4) is 0 Å². The van der Waals surface area contributed by atoms with Crippen LogP contribution >= 0.6 is 0 Å². The minimum absolute atomic E-state index is 0.0774. The van der Waals surface area contributed by atoms with Gasteiger partial charge in [0.2, 0.25) is 0 Å². The summed E-state index contributed by atoms with van der Waals surface area (Å²) in [6.45, 7) is 2.87.